The van der Waals surface area contributed by atoms with Crippen LogP contribution >= 0.6 is 15.9 Å². The average molecular weight is 337 g/mol. The normalized spacial score (nSPS) is 13.9. The van der Waals surface area contributed by atoms with Gasteiger partial charge in [-0.05, 0) is 34.1 Å². The summed E-state index contributed by atoms with van der Waals surface area (Å²) in [5.41, 5.74) is 0.440. The van der Waals surface area contributed by atoms with Crippen molar-refractivity contribution in [2.45, 2.75) is 6.54 Å². The van der Waals surface area contributed by atoms with Crippen molar-refractivity contribution in [1.29, 1.82) is 0 Å². The third-order valence-corrected chi connectivity index (χ3v) is 3.44. The van der Waals surface area contributed by atoms with Crippen LogP contribution in [0.5, 0.6) is 5.75 Å². The van der Waals surface area contributed by atoms with E-state index in [4.69, 9.17) is 4.74 Å². The summed E-state index contributed by atoms with van der Waals surface area (Å²) >= 11 is 3.26. The van der Waals surface area contributed by atoms with E-state index in [0.717, 1.165) is 0 Å². The number of anilines is 1. The van der Waals surface area contributed by atoms with Crippen LogP contribution in [0.25, 0.3) is 0 Å². The molecule has 0 radical (unpaired) electrons. The predicted molar refractivity (Wildman–Crippen MR) is 75.0 cm³/mol. The zero-order valence-electron chi connectivity index (χ0n) is 10.3. The first-order valence-electron chi connectivity index (χ1n) is 5.98. The molecule has 2 aromatic rings. The first-order valence-corrected chi connectivity index (χ1v) is 6.77. The molecule has 2 heterocycles. The molecule has 0 unspecified atom stereocenters. The molecule has 1 aromatic carbocycles. The molecule has 0 fully saturated rings. The Morgan fingerprint density at radius 3 is 2.90 bits per heavy atom. The van der Waals surface area contributed by atoms with E-state index in [2.05, 4.69) is 20.9 Å². The lowest BCUT2D eigenvalue weighted by Crippen LogP contribution is -2.39. The zero-order chi connectivity index (χ0) is 14.1. The Balaban J connectivity index is 1.99. The van der Waals surface area contributed by atoms with Crippen LogP contribution in [0.1, 0.15) is 5.56 Å². The quantitative estimate of drug-likeness (QED) is 0.792. The molecular formula is C14H10BrFN2O2. The monoisotopic (exact) mass is 336 g/mol. The lowest BCUT2D eigenvalue weighted by atomic mass is 10.2. The van der Waals surface area contributed by atoms with Crippen molar-refractivity contribution in [2.75, 3.05) is 11.5 Å². The number of aromatic nitrogens is 1. The van der Waals surface area contributed by atoms with Gasteiger partial charge in [0.25, 0.3) is 5.91 Å². The van der Waals surface area contributed by atoms with E-state index in [0.29, 0.717) is 21.7 Å². The Kier molecular flexibility index (Phi) is 3.40. The van der Waals surface area contributed by atoms with Crippen molar-refractivity contribution in [3.05, 3.63) is 52.4 Å². The summed E-state index contributed by atoms with van der Waals surface area (Å²) in [5.74, 6) is 0.331. The van der Waals surface area contributed by atoms with Crippen LogP contribution in [0, 0.1) is 5.82 Å². The van der Waals surface area contributed by atoms with Crippen molar-refractivity contribution < 1.29 is 13.9 Å². The second-order valence-electron chi connectivity index (χ2n) is 4.32. The number of benzene rings is 1. The van der Waals surface area contributed by atoms with Gasteiger partial charge in [0.05, 0.1) is 6.54 Å². The van der Waals surface area contributed by atoms with Crippen molar-refractivity contribution >= 4 is 27.7 Å². The van der Waals surface area contributed by atoms with Crippen LogP contribution in [-0.2, 0) is 11.3 Å². The van der Waals surface area contributed by atoms with Crippen LogP contribution in [-0.4, -0.2) is 17.5 Å². The fourth-order valence-corrected chi connectivity index (χ4v) is 2.31. The smallest absolute Gasteiger partial charge is 0.266 e. The fourth-order valence-electron chi connectivity index (χ4n) is 2.01. The molecule has 0 aliphatic carbocycles. The predicted octanol–water partition coefficient (Wildman–Crippen LogP) is 2.91. The summed E-state index contributed by atoms with van der Waals surface area (Å²) in [6, 6.07) is 9.83. The van der Waals surface area contributed by atoms with Gasteiger partial charge in [-0.3, -0.25) is 9.69 Å². The van der Waals surface area contributed by atoms with E-state index in [9.17, 15) is 9.18 Å². The average Bonchev–Trinajstić information content (AvgIpc) is 2.44. The number of hydrogen-bond donors (Lipinski definition) is 0. The van der Waals surface area contributed by atoms with Gasteiger partial charge in [0.1, 0.15) is 10.4 Å². The summed E-state index contributed by atoms with van der Waals surface area (Å²) in [7, 11) is 0. The van der Waals surface area contributed by atoms with Gasteiger partial charge in [-0.15, -0.1) is 0 Å². The third-order valence-electron chi connectivity index (χ3n) is 3.00. The van der Waals surface area contributed by atoms with E-state index in [1.807, 2.05) is 0 Å². The number of amides is 1. The Morgan fingerprint density at radius 1 is 1.30 bits per heavy atom. The molecule has 1 amide bonds. The molecule has 0 saturated heterocycles. The van der Waals surface area contributed by atoms with Gasteiger partial charge in [-0.25, -0.2) is 9.37 Å². The molecule has 0 N–H and O–H groups in total. The van der Waals surface area contributed by atoms with Crippen molar-refractivity contribution in [1.82, 2.24) is 4.98 Å². The number of carbonyl (C=O) groups is 1. The van der Waals surface area contributed by atoms with E-state index < -0.39 is 0 Å². The zero-order valence-corrected chi connectivity index (χ0v) is 11.9. The number of pyridine rings is 1. The molecule has 1 aliphatic heterocycles. The van der Waals surface area contributed by atoms with Crippen LogP contribution in [0.15, 0.2) is 41.0 Å². The molecule has 0 bridgehead atoms. The highest BCUT2D eigenvalue weighted by atomic mass is 79.9. The number of ether oxygens (including phenoxy) is 1. The molecule has 20 heavy (non-hydrogen) atoms. The highest BCUT2D eigenvalue weighted by Gasteiger charge is 2.27. The molecule has 0 atom stereocenters. The summed E-state index contributed by atoms with van der Waals surface area (Å²) in [5, 5.41) is 0. The first kappa shape index (κ1) is 13.1. The Hall–Kier alpha value is -1.95. The van der Waals surface area contributed by atoms with Crippen molar-refractivity contribution in [2.24, 2.45) is 0 Å². The molecule has 0 saturated carbocycles. The maximum absolute atomic E-state index is 13.7. The minimum atomic E-state index is -0.344. The van der Waals surface area contributed by atoms with Gasteiger partial charge in [-0.1, -0.05) is 18.2 Å². The van der Waals surface area contributed by atoms with E-state index in [1.54, 1.807) is 30.3 Å². The highest BCUT2D eigenvalue weighted by molar-refractivity contribution is 9.10. The number of rotatable bonds is 2. The van der Waals surface area contributed by atoms with Crippen LogP contribution < -0.4 is 9.64 Å². The number of carbonyl (C=O) groups excluding carboxylic acids is 1. The Bertz CT molecular complexity index is 678. The summed E-state index contributed by atoms with van der Waals surface area (Å²) < 4.78 is 19.6. The molecule has 3 rings (SSSR count). The van der Waals surface area contributed by atoms with Gasteiger partial charge >= 0.3 is 0 Å². The van der Waals surface area contributed by atoms with Crippen LogP contribution in [0.3, 0.4) is 0 Å². The maximum Gasteiger partial charge on any atom is 0.266 e. The third kappa shape index (κ3) is 2.38. The van der Waals surface area contributed by atoms with E-state index in [-0.39, 0.29) is 24.9 Å². The lowest BCUT2D eigenvalue weighted by Gasteiger charge is -2.28. The molecular weight excluding hydrogens is 327 g/mol. The van der Waals surface area contributed by atoms with E-state index >= 15 is 0 Å². The minimum absolute atomic E-state index is 0.0647. The van der Waals surface area contributed by atoms with Gasteiger partial charge in [0.15, 0.2) is 18.2 Å². The molecule has 1 aromatic heterocycles. The second kappa shape index (κ2) is 5.20. The van der Waals surface area contributed by atoms with Crippen molar-refractivity contribution in [3.63, 3.8) is 0 Å². The van der Waals surface area contributed by atoms with Crippen molar-refractivity contribution in [3.8, 4) is 5.75 Å². The lowest BCUT2D eigenvalue weighted by molar-refractivity contribution is -0.121. The van der Waals surface area contributed by atoms with Gasteiger partial charge in [-0.2, -0.15) is 0 Å². The molecule has 0 spiro atoms. The Labute approximate surface area is 123 Å². The van der Waals surface area contributed by atoms with E-state index in [1.165, 1.54) is 11.0 Å². The van der Waals surface area contributed by atoms with Crippen LogP contribution in [0.2, 0.25) is 0 Å². The van der Waals surface area contributed by atoms with Gasteiger partial charge in [0.2, 0.25) is 0 Å². The number of nitrogens with zero attached hydrogens (tertiary/aromatic N) is 2. The fraction of sp³-hybridized carbons (Fsp3) is 0.143. The van der Waals surface area contributed by atoms with Crippen LogP contribution in [0.4, 0.5) is 10.2 Å². The van der Waals surface area contributed by atoms with Gasteiger partial charge in [0, 0.05) is 5.56 Å². The molecule has 102 valence electrons. The molecule has 4 nitrogen and oxygen atoms in total. The topological polar surface area (TPSA) is 42.4 Å². The summed E-state index contributed by atoms with van der Waals surface area (Å²) in [4.78, 5) is 17.7. The standard InChI is InChI=1S/C14H10BrFN2O2/c15-12-6-5-11-14(17-12)18(13(19)8-20-11)7-9-3-1-2-4-10(9)16/h1-6H,7-8H2. The highest BCUT2D eigenvalue weighted by Crippen LogP contribution is 2.32. The SMILES string of the molecule is O=C1COc2ccc(Br)nc2N1Cc1ccccc1F. The molecule has 6 heteroatoms. The summed E-state index contributed by atoms with van der Waals surface area (Å²) in [6.45, 7) is 0.0656. The van der Waals surface area contributed by atoms with Gasteiger partial charge < -0.3 is 4.74 Å². The number of halogens is 2. The number of fused-ring (bicyclic) bond motifs is 1. The number of hydrogen-bond acceptors (Lipinski definition) is 3. The summed E-state index contributed by atoms with van der Waals surface area (Å²) in [6.07, 6.45) is 0. The second-order valence-corrected chi connectivity index (χ2v) is 5.13. The Morgan fingerprint density at radius 2 is 2.10 bits per heavy atom. The molecule has 1 aliphatic rings. The first-order chi connectivity index (χ1) is 9.65. The minimum Gasteiger partial charge on any atom is -0.480 e. The maximum atomic E-state index is 13.7. The largest absolute Gasteiger partial charge is 0.480 e.